The van der Waals surface area contributed by atoms with E-state index in [0.717, 1.165) is 31.8 Å². The minimum atomic E-state index is 0.668. The van der Waals surface area contributed by atoms with Crippen LogP contribution in [0.3, 0.4) is 0 Å². The van der Waals surface area contributed by atoms with Gasteiger partial charge in [-0.1, -0.05) is 104 Å². The largest absolute Gasteiger partial charge is 0.323 e. The molecule has 2 nitrogen and oxygen atoms in total. The zero-order valence-corrected chi connectivity index (χ0v) is 21.6. The fraction of sp³-hybridized carbons (Fsp3) is 0.111. The summed E-state index contributed by atoms with van der Waals surface area (Å²) in [7, 11) is 0. The summed E-state index contributed by atoms with van der Waals surface area (Å²) < 4.78 is 3.89. The van der Waals surface area contributed by atoms with Crippen molar-refractivity contribution in [1.29, 1.82) is 0 Å². The van der Waals surface area contributed by atoms with Gasteiger partial charge in [0.1, 0.15) is 4.32 Å². The van der Waals surface area contributed by atoms with Crippen molar-refractivity contribution in [3.8, 4) is 11.3 Å². The molecule has 33 heavy (non-hydrogen) atoms. The average Bonchev–Trinajstić information content (AvgIpc) is 3.22. The molecular weight excluding hydrogens is 481 g/mol. The third kappa shape index (κ3) is 5.71. The second kappa shape index (κ2) is 11.1. The molecular formula is C27H24N2S4. The summed E-state index contributed by atoms with van der Waals surface area (Å²) in [6.07, 6.45) is 2.01. The summed E-state index contributed by atoms with van der Waals surface area (Å²) in [5, 5.41) is 2.14. The number of aromatic nitrogens is 1. The zero-order chi connectivity index (χ0) is 23.2. The first-order valence-corrected chi connectivity index (χ1v) is 13.4. The van der Waals surface area contributed by atoms with E-state index in [1.807, 2.05) is 30.5 Å². The van der Waals surface area contributed by atoms with Crippen LogP contribution in [0.2, 0.25) is 0 Å². The quantitative estimate of drug-likeness (QED) is 0.235. The maximum Gasteiger partial charge on any atom is 0.161 e. The normalized spacial score (nSPS) is 10.7. The van der Waals surface area contributed by atoms with Gasteiger partial charge in [0.25, 0.3) is 0 Å². The van der Waals surface area contributed by atoms with Crippen LogP contribution in [0.4, 0.5) is 0 Å². The molecule has 0 aliphatic carbocycles. The van der Waals surface area contributed by atoms with Gasteiger partial charge in [0.05, 0.1) is 5.69 Å². The number of hydrogen-bond acceptors (Lipinski definition) is 4. The van der Waals surface area contributed by atoms with Crippen LogP contribution in [-0.2, 0) is 13.1 Å². The van der Waals surface area contributed by atoms with Gasteiger partial charge in [-0.15, -0.1) is 23.1 Å². The fourth-order valence-corrected chi connectivity index (χ4v) is 5.32. The molecule has 166 valence electrons. The molecule has 6 heteroatoms. The summed E-state index contributed by atoms with van der Waals surface area (Å²) in [6, 6.07) is 29.2. The number of thioether (sulfide) groups is 1. The first-order valence-electron chi connectivity index (χ1n) is 10.5. The molecule has 4 aromatic rings. The summed E-state index contributed by atoms with van der Waals surface area (Å²) in [5.74, 6) is 0. The van der Waals surface area contributed by atoms with E-state index >= 15 is 0 Å². The smallest absolute Gasteiger partial charge is 0.161 e. The molecule has 0 aliphatic heterocycles. The van der Waals surface area contributed by atoms with Gasteiger partial charge in [0, 0.05) is 24.2 Å². The Balaban J connectivity index is 1.59. The maximum atomic E-state index is 5.68. The van der Waals surface area contributed by atoms with Crippen LogP contribution in [0, 0.1) is 3.95 Å². The molecule has 1 heterocycles. The fourth-order valence-electron chi connectivity index (χ4n) is 3.67. The molecule has 0 spiro atoms. The third-order valence-electron chi connectivity index (χ3n) is 5.35. The molecule has 0 radical (unpaired) electrons. The Bertz CT molecular complexity index is 1310. The Morgan fingerprint density at radius 1 is 0.970 bits per heavy atom. The Hall–Kier alpha value is -2.51. The van der Waals surface area contributed by atoms with Gasteiger partial charge in [-0.3, -0.25) is 0 Å². The molecule has 0 aliphatic rings. The lowest BCUT2D eigenvalue weighted by molar-refractivity contribution is 0.598. The lowest BCUT2D eigenvalue weighted by Crippen LogP contribution is -2.25. The van der Waals surface area contributed by atoms with Crippen LogP contribution in [0.15, 0.2) is 96.9 Å². The maximum absolute atomic E-state index is 5.68. The van der Waals surface area contributed by atoms with E-state index in [4.69, 9.17) is 24.4 Å². The zero-order valence-electron chi connectivity index (χ0n) is 18.3. The van der Waals surface area contributed by atoms with Crippen molar-refractivity contribution >= 4 is 57.6 Å². The lowest BCUT2D eigenvalue weighted by Gasteiger charge is -2.27. The number of nitrogens with zero attached hydrogens (tertiary/aromatic N) is 2. The highest BCUT2D eigenvalue weighted by Crippen LogP contribution is 2.27. The van der Waals surface area contributed by atoms with Crippen molar-refractivity contribution in [3.05, 3.63) is 118 Å². The predicted octanol–water partition coefficient (Wildman–Crippen LogP) is 8.12. The molecule has 1 aromatic heterocycles. The van der Waals surface area contributed by atoms with Crippen molar-refractivity contribution in [2.45, 2.75) is 13.1 Å². The Kier molecular flexibility index (Phi) is 7.93. The van der Waals surface area contributed by atoms with Crippen molar-refractivity contribution in [1.82, 2.24) is 9.47 Å². The summed E-state index contributed by atoms with van der Waals surface area (Å²) in [6.45, 7) is 5.74. The highest BCUT2D eigenvalue weighted by atomic mass is 32.2. The predicted molar refractivity (Wildman–Crippen MR) is 151 cm³/mol. The topological polar surface area (TPSA) is 8.17 Å². The number of thiocarbonyl (C=S) groups is 1. The average molecular weight is 505 g/mol. The molecule has 0 unspecified atom stereocenters. The highest BCUT2D eigenvalue weighted by molar-refractivity contribution is 8.22. The molecule has 0 atom stereocenters. The van der Waals surface area contributed by atoms with E-state index in [2.05, 4.69) is 82.1 Å². The first-order chi connectivity index (χ1) is 16.1. The number of rotatable bonds is 7. The molecule has 4 rings (SSSR count). The van der Waals surface area contributed by atoms with Crippen molar-refractivity contribution in [2.75, 3.05) is 6.26 Å². The summed E-state index contributed by atoms with van der Waals surface area (Å²) in [4.78, 5) is 2.11. The van der Waals surface area contributed by atoms with Gasteiger partial charge in [-0.05, 0) is 40.7 Å². The molecule has 0 amide bonds. The molecule has 0 N–H and O–H groups in total. The van der Waals surface area contributed by atoms with Gasteiger partial charge in [0.15, 0.2) is 3.95 Å². The third-order valence-corrected chi connectivity index (χ3v) is 7.91. The summed E-state index contributed by atoms with van der Waals surface area (Å²) in [5.41, 5.74) is 6.70. The van der Waals surface area contributed by atoms with E-state index in [1.54, 1.807) is 23.1 Å². The van der Waals surface area contributed by atoms with Gasteiger partial charge in [-0.2, -0.15) is 0 Å². The van der Waals surface area contributed by atoms with E-state index < -0.39 is 0 Å². The lowest BCUT2D eigenvalue weighted by atomic mass is 10.1. The minimum absolute atomic E-state index is 0.668. The SMILES string of the molecule is C=C(c1ccccc1)N(Cc1cccc(Cn2c(-c3ccccc3)csc2=S)c1)C(=S)SC. The number of hydrogen-bond donors (Lipinski definition) is 0. The van der Waals surface area contributed by atoms with Crippen LogP contribution in [0.1, 0.15) is 16.7 Å². The number of benzene rings is 3. The molecule has 0 saturated carbocycles. The standard InChI is InChI=1S/C27H24N2S4/c1-20(23-12-5-3-6-13-23)28(26(30)32-2)17-21-10-9-11-22(16-21)18-29-25(19-33-27(29)31)24-14-7-4-8-15-24/h3-16,19H,1,17-18H2,2H3. The highest BCUT2D eigenvalue weighted by Gasteiger charge is 2.15. The second-order valence-corrected chi connectivity index (χ2v) is 10.5. The van der Waals surface area contributed by atoms with Crippen LogP contribution in [0.5, 0.6) is 0 Å². The Morgan fingerprint density at radius 3 is 2.33 bits per heavy atom. The molecule has 0 saturated heterocycles. The molecule has 0 bridgehead atoms. The van der Waals surface area contributed by atoms with E-state index in [0.29, 0.717) is 6.54 Å². The van der Waals surface area contributed by atoms with Crippen LogP contribution >= 0.6 is 47.5 Å². The van der Waals surface area contributed by atoms with Crippen LogP contribution in [-0.4, -0.2) is 20.0 Å². The van der Waals surface area contributed by atoms with Crippen molar-refractivity contribution < 1.29 is 0 Å². The van der Waals surface area contributed by atoms with E-state index in [1.165, 1.54) is 16.7 Å². The Morgan fingerprint density at radius 2 is 1.64 bits per heavy atom. The molecule has 3 aromatic carbocycles. The van der Waals surface area contributed by atoms with Gasteiger partial charge < -0.3 is 9.47 Å². The number of thiazole rings is 1. The monoisotopic (exact) mass is 504 g/mol. The second-order valence-electron chi connectivity index (χ2n) is 7.53. The van der Waals surface area contributed by atoms with Gasteiger partial charge >= 0.3 is 0 Å². The molecule has 0 fully saturated rings. The van der Waals surface area contributed by atoms with E-state index in [9.17, 15) is 0 Å². The first kappa shape index (κ1) is 23.6. The van der Waals surface area contributed by atoms with Crippen molar-refractivity contribution in [2.24, 2.45) is 0 Å². The van der Waals surface area contributed by atoms with Gasteiger partial charge in [0.2, 0.25) is 0 Å². The van der Waals surface area contributed by atoms with Crippen molar-refractivity contribution in [3.63, 3.8) is 0 Å². The van der Waals surface area contributed by atoms with Crippen LogP contribution in [0.25, 0.3) is 17.0 Å². The van der Waals surface area contributed by atoms with Gasteiger partial charge in [-0.25, -0.2) is 0 Å². The van der Waals surface area contributed by atoms with Crippen LogP contribution < -0.4 is 0 Å². The summed E-state index contributed by atoms with van der Waals surface area (Å²) >= 11 is 14.5. The Labute approximate surface area is 214 Å². The van der Waals surface area contributed by atoms with E-state index in [-0.39, 0.29) is 0 Å². The minimum Gasteiger partial charge on any atom is -0.323 e.